The zero-order valence-corrected chi connectivity index (χ0v) is 6.68. The van der Waals surface area contributed by atoms with Gasteiger partial charge in [0.25, 0.3) is 0 Å². The number of hydrogen-bond donors (Lipinski definition) is 2. The average Bonchev–Trinajstić information content (AvgIpc) is 2.05. The van der Waals surface area contributed by atoms with Crippen molar-refractivity contribution in [1.29, 1.82) is 0 Å². The minimum absolute atomic E-state index is 0.176. The van der Waals surface area contributed by atoms with Crippen LogP contribution in [0.1, 0.15) is 24.6 Å². The van der Waals surface area contributed by atoms with Crippen molar-refractivity contribution in [2.45, 2.75) is 13.2 Å². The molecule has 0 bridgehead atoms. The SMILES string of the molecule is C/C=C\c1nccnc1C(O)O. The van der Waals surface area contributed by atoms with E-state index in [0.29, 0.717) is 5.69 Å². The van der Waals surface area contributed by atoms with Crippen LogP contribution in [-0.4, -0.2) is 20.2 Å². The summed E-state index contributed by atoms with van der Waals surface area (Å²) in [6, 6.07) is 0. The van der Waals surface area contributed by atoms with Crippen molar-refractivity contribution in [1.82, 2.24) is 9.97 Å². The third-order valence-corrected chi connectivity index (χ3v) is 1.33. The highest BCUT2D eigenvalue weighted by atomic mass is 16.5. The van der Waals surface area contributed by atoms with Gasteiger partial charge >= 0.3 is 0 Å². The smallest absolute Gasteiger partial charge is 0.198 e. The highest BCUT2D eigenvalue weighted by Gasteiger charge is 2.08. The lowest BCUT2D eigenvalue weighted by Crippen LogP contribution is -2.02. The number of allylic oxidation sites excluding steroid dienone is 1. The maximum Gasteiger partial charge on any atom is 0.198 e. The molecule has 0 aliphatic rings. The van der Waals surface area contributed by atoms with E-state index in [1.54, 1.807) is 12.2 Å². The Kier molecular flexibility index (Phi) is 2.90. The van der Waals surface area contributed by atoms with E-state index in [1.807, 2.05) is 6.92 Å². The summed E-state index contributed by atoms with van der Waals surface area (Å²) in [5.41, 5.74) is 0.658. The van der Waals surface area contributed by atoms with Gasteiger partial charge < -0.3 is 10.2 Å². The first-order valence-corrected chi connectivity index (χ1v) is 3.55. The molecule has 4 nitrogen and oxygen atoms in total. The van der Waals surface area contributed by atoms with Crippen LogP contribution in [0.2, 0.25) is 0 Å². The molecule has 1 heterocycles. The highest BCUT2D eigenvalue weighted by molar-refractivity contribution is 5.46. The second kappa shape index (κ2) is 3.94. The van der Waals surface area contributed by atoms with Gasteiger partial charge in [0.2, 0.25) is 0 Å². The van der Waals surface area contributed by atoms with Crippen LogP contribution in [0.4, 0.5) is 0 Å². The Labute approximate surface area is 70.2 Å². The van der Waals surface area contributed by atoms with Crippen LogP contribution in [0.25, 0.3) is 6.08 Å². The number of hydrogen-bond acceptors (Lipinski definition) is 4. The first-order valence-electron chi connectivity index (χ1n) is 3.55. The molecule has 1 rings (SSSR count). The van der Waals surface area contributed by atoms with Crippen molar-refractivity contribution in [3.05, 3.63) is 29.9 Å². The topological polar surface area (TPSA) is 66.2 Å². The summed E-state index contributed by atoms with van der Waals surface area (Å²) in [6.45, 7) is 1.82. The molecular formula is C8H10N2O2. The zero-order chi connectivity index (χ0) is 8.97. The Balaban J connectivity index is 3.08. The lowest BCUT2D eigenvalue weighted by molar-refractivity contribution is -0.0462. The van der Waals surface area contributed by atoms with Gasteiger partial charge in [-0.1, -0.05) is 6.08 Å². The first kappa shape index (κ1) is 8.83. The van der Waals surface area contributed by atoms with Gasteiger partial charge in [0.05, 0.1) is 5.69 Å². The van der Waals surface area contributed by atoms with Gasteiger partial charge in [-0.15, -0.1) is 0 Å². The summed E-state index contributed by atoms with van der Waals surface area (Å²) >= 11 is 0. The van der Waals surface area contributed by atoms with Crippen LogP contribution in [0.3, 0.4) is 0 Å². The van der Waals surface area contributed by atoms with Crippen LogP contribution in [-0.2, 0) is 0 Å². The van der Waals surface area contributed by atoms with Gasteiger partial charge in [0.15, 0.2) is 6.29 Å². The van der Waals surface area contributed by atoms with E-state index in [0.717, 1.165) is 0 Å². The van der Waals surface area contributed by atoms with Crippen molar-refractivity contribution >= 4 is 6.08 Å². The zero-order valence-electron chi connectivity index (χ0n) is 6.68. The molecular weight excluding hydrogens is 156 g/mol. The van der Waals surface area contributed by atoms with Gasteiger partial charge in [-0.3, -0.25) is 9.97 Å². The van der Waals surface area contributed by atoms with Crippen LogP contribution in [0, 0.1) is 0 Å². The molecule has 0 atom stereocenters. The molecule has 0 unspecified atom stereocenters. The summed E-state index contributed by atoms with van der Waals surface area (Å²) < 4.78 is 0. The van der Waals surface area contributed by atoms with E-state index in [4.69, 9.17) is 10.2 Å². The van der Waals surface area contributed by atoms with Crippen LogP contribution >= 0.6 is 0 Å². The Morgan fingerprint density at radius 2 is 2.00 bits per heavy atom. The fraction of sp³-hybridized carbons (Fsp3) is 0.250. The standard InChI is InChI=1S/C8H10N2O2/c1-2-3-6-7(8(11)12)10-5-4-9-6/h2-5,8,11-12H,1H3/b3-2-. The molecule has 1 aromatic rings. The van der Waals surface area contributed by atoms with Gasteiger partial charge in [-0.05, 0) is 13.0 Å². The molecule has 0 saturated carbocycles. The molecule has 0 radical (unpaired) electrons. The van der Waals surface area contributed by atoms with E-state index < -0.39 is 6.29 Å². The predicted octanol–water partition coefficient (Wildman–Crippen LogP) is 0.493. The molecule has 0 fully saturated rings. The lowest BCUT2D eigenvalue weighted by Gasteiger charge is -2.04. The third-order valence-electron chi connectivity index (χ3n) is 1.33. The molecule has 0 saturated heterocycles. The van der Waals surface area contributed by atoms with Crippen LogP contribution in [0.5, 0.6) is 0 Å². The second-order valence-corrected chi connectivity index (χ2v) is 2.20. The molecule has 12 heavy (non-hydrogen) atoms. The van der Waals surface area contributed by atoms with E-state index in [-0.39, 0.29) is 5.69 Å². The molecule has 1 aromatic heterocycles. The fourth-order valence-electron chi connectivity index (χ4n) is 0.845. The fourth-order valence-corrected chi connectivity index (χ4v) is 0.845. The molecule has 0 aromatic carbocycles. The third kappa shape index (κ3) is 1.87. The van der Waals surface area contributed by atoms with Crippen molar-refractivity contribution in [3.8, 4) is 0 Å². The number of nitrogens with zero attached hydrogens (tertiary/aromatic N) is 2. The normalized spacial score (nSPS) is 11.3. The van der Waals surface area contributed by atoms with Crippen LogP contribution in [0.15, 0.2) is 18.5 Å². The number of aliphatic hydroxyl groups is 2. The quantitative estimate of drug-likeness (QED) is 0.627. The second-order valence-electron chi connectivity index (χ2n) is 2.20. The average molecular weight is 166 g/mol. The molecule has 0 aliphatic carbocycles. The Hall–Kier alpha value is -1.26. The van der Waals surface area contributed by atoms with Crippen molar-refractivity contribution in [2.24, 2.45) is 0 Å². The largest absolute Gasteiger partial charge is 0.363 e. The summed E-state index contributed by atoms with van der Waals surface area (Å²) in [5.74, 6) is 0. The molecule has 0 aliphatic heterocycles. The minimum atomic E-state index is -1.56. The monoisotopic (exact) mass is 166 g/mol. The van der Waals surface area contributed by atoms with E-state index >= 15 is 0 Å². The van der Waals surface area contributed by atoms with Crippen molar-refractivity contribution in [2.75, 3.05) is 0 Å². The first-order chi connectivity index (χ1) is 5.75. The highest BCUT2D eigenvalue weighted by Crippen LogP contribution is 2.10. The van der Waals surface area contributed by atoms with Gasteiger partial charge in [-0.25, -0.2) is 0 Å². The van der Waals surface area contributed by atoms with E-state index in [1.165, 1.54) is 12.4 Å². The van der Waals surface area contributed by atoms with Crippen molar-refractivity contribution < 1.29 is 10.2 Å². The Morgan fingerprint density at radius 1 is 1.33 bits per heavy atom. The molecule has 4 heteroatoms. The number of aliphatic hydroxyl groups excluding tert-OH is 1. The number of rotatable bonds is 2. The maximum absolute atomic E-state index is 8.85. The van der Waals surface area contributed by atoms with E-state index in [9.17, 15) is 0 Å². The van der Waals surface area contributed by atoms with Crippen LogP contribution < -0.4 is 0 Å². The summed E-state index contributed by atoms with van der Waals surface area (Å²) in [6.07, 6.45) is 4.78. The van der Waals surface area contributed by atoms with Gasteiger partial charge in [-0.2, -0.15) is 0 Å². The number of aromatic nitrogens is 2. The predicted molar refractivity (Wildman–Crippen MR) is 43.9 cm³/mol. The Bertz CT molecular complexity index is 284. The molecule has 2 N–H and O–H groups in total. The van der Waals surface area contributed by atoms with E-state index in [2.05, 4.69) is 9.97 Å². The summed E-state index contributed by atoms with van der Waals surface area (Å²) in [7, 11) is 0. The maximum atomic E-state index is 8.85. The van der Waals surface area contributed by atoms with Crippen molar-refractivity contribution in [3.63, 3.8) is 0 Å². The molecule has 64 valence electrons. The van der Waals surface area contributed by atoms with Gasteiger partial charge in [0, 0.05) is 12.4 Å². The van der Waals surface area contributed by atoms with Gasteiger partial charge in [0.1, 0.15) is 5.69 Å². The summed E-state index contributed by atoms with van der Waals surface area (Å²) in [5, 5.41) is 17.7. The lowest BCUT2D eigenvalue weighted by atomic mass is 10.3. The molecule has 0 amide bonds. The minimum Gasteiger partial charge on any atom is -0.363 e. The molecule has 0 spiro atoms. The Morgan fingerprint density at radius 3 is 2.58 bits per heavy atom. The summed E-state index contributed by atoms with van der Waals surface area (Å²) in [4.78, 5) is 7.70.